The third kappa shape index (κ3) is 2.39. The summed E-state index contributed by atoms with van der Waals surface area (Å²) in [4.78, 5) is 28.0. The molecule has 0 amide bonds. The first-order chi connectivity index (χ1) is 9.51. The van der Waals surface area contributed by atoms with Crippen LogP contribution in [-0.4, -0.2) is 22.1 Å². The van der Waals surface area contributed by atoms with E-state index in [1.807, 2.05) is 6.92 Å². The fourth-order valence-electron chi connectivity index (χ4n) is 1.93. The van der Waals surface area contributed by atoms with Crippen LogP contribution in [0, 0.1) is 0 Å². The number of pyridine rings is 2. The number of carbonyl (C=O) groups excluding carboxylic acids is 1. The molecule has 7 heteroatoms. The number of esters is 1. The topological polar surface area (TPSA) is 61.2 Å². The van der Waals surface area contributed by atoms with Crippen LogP contribution in [0.2, 0.25) is 10.2 Å². The summed E-state index contributed by atoms with van der Waals surface area (Å²) >= 11 is 12.0. The zero-order chi connectivity index (χ0) is 14.9. The maximum Gasteiger partial charge on any atom is 0.343 e. The van der Waals surface area contributed by atoms with Gasteiger partial charge in [0.05, 0.1) is 17.5 Å². The molecule has 2 rings (SSSR count). The minimum Gasteiger partial charge on any atom is -0.462 e. The highest BCUT2D eigenvalue weighted by molar-refractivity contribution is 6.44. The molecule has 106 valence electrons. The van der Waals surface area contributed by atoms with Crippen LogP contribution in [0.15, 0.2) is 17.2 Å². The minimum absolute atomic E-state index is 0.0404. The number of rotatable bonds is 3. The molecule has 5 nitrogen and oxygen atoms in total. The second kappa shape index (κ2) is 5.81. The van der Waals surface area contributed by atoms with Crippen molar-refractivity contribution in [3.63, 3.8) is 0 Å². The highest BCUT2D eigenvalue weighted by atomic mass is 35.5. The summed E-state index contributed by atoms with van der Waals surface area (Å²) in [5, 5.41) is 0.551. The van der Waals surface area contributed by atoms with E-state index >= 15 is 0 Å². The average molecular weight is 315 g/mol. The van der Waals surface area contributed by atoms with Gasteiger partial charge < -0.3 is 9.30 Å². The van der Waals surface area contributed by atoms with Crippen molar-refractivity contribution >= 4 is 40.1 Å². The summed E-state index contributed by atoms with van der Waals surface area (Å²) in [6.45, 7) is 4.25. The molecule has 0 saturated carbocycles. The second-order valence-electron chi connectivity index (χ2n) is 4.00. The first-order valence-corrected chi connectivity index (χ1v) is 6.81. The fourth-order valence-corrected chi connectivity index (χ4v) is 2.33. The van der Waals surface area contributed by atoms with Gasteiger partial charge in [-0.05, 0) is 13.8 Å². The molecule has 0 atom stereocenters. The highest BCUT2D eigenvalue weighted by Gasteiger charge is 2.19. The number of hydrogen-bond donors (Lipinski definition) is 0. The van der Waals surface area contributed by atoms with E-state index in [2.05, 4.69) is 4.98 Å². The predicted octanol–water partition coefficient (Wildman–Crippen LogP) is 2.90. The minimum atomic E-state index is -0.660. The molecule has 2 aromatic rings. The molecular weight excluding hydrogens is 303 g/mol. The van der Waals surface area contributed by atoms with Crippen LogP contribution in [0.4, 0.5) is 0 Å². The van der Waals surface area contributed by atoms with Crippen LogP contribution in [-0.2, 0) is 11.3 Å². The molecular formula is C13H12Cl2N2O3. The van der Waals surface area contributed by atoms with E-state index in [4.69, 9.17) is 27.9 Å². The summed E-state index contributed by atoms with van der Waals surface area (Å²) in [5.74, 6) is -0.660. The molecule has 0 unspecified atom stereocenters. The van der Waals surface area contributed by atoms with Crippen molar-refractivity contribution in [2.45, 2.75) is 20.4 Å². The van der Waals surface area contributed by atoms with Gasteiger partial charge in [0.15, 0.2) is 0 Å². The largest absolute Gasteiger partial charge is 0.462 e. The first-order valence-electron chi connectivity index (χ1n) is 6.05. The number of aromatic nitrogens is 2. The van der Waals surface area contributed by atoms with Gasteiger partial charge >= 0.3 is 5.97 Å². The Kier molecular flexibility index (Phi) is 4.30. The molecule has 0 aromatic carbocycles. The van der Waals surface area contributed by atoms with E-state index in [-0.39, 0.29) is 27.7 Å². The molecule has 0 bridgehead atoms. The number of nitrogens with zero attached hydrogens (tertiary/aromatic N) is 2. The number of carbonyl (C=O) groups is 1. The van der Waals surface area contributed by atoms with E-state index < -0.39 is 11.4 Å². The molecule has 20 heavy (non-hydrogen) atoms. The van der Waals surface area contributed by atoms with Gasteiger partial charge in [0.1, 0.15) is 15.7 Å². The Morgan fingerprint density at radius 3 is 2.70 bits per heavy atom. The van der Waals surface area contributed by atoms with E-state index in [0.29, 0.717) is 12.1 Å². The number of halogens is 2. The Morgan fingerprint density at radius 1 is 1.40 bits per heavy atom. The zero-order valence-electron chi connectivity index (χ0n) is 10.9. The van der Waals surface area contributed by atoms with Crippen molar-refractivity contribution in [3.8, 4) is 0 Å². The van der Waals surface area contributed by atoms with E-state index in [1.165, 1.54) is 12.4 Å². The summed E-state index contributed by atoms with van der Waals surface area (Å²) in [6, 6.07) is 0. The predicted molar refractivity (Wildman–Crippen MR) is 77.7 cm³/mol. The quantitative estimate of drug-likeness (QED) is 0.645. The van der Waals surface area contributed by atoms with Gasteiger partial charge in [-0.2, -0.15) is 0 Å². The Labute approximate surface area is 125 Å². The second-order valence-corrected chi connectivity index (χ2v) is 4.74. The lowest BCUT2D eigenvalue weighted by molar-refractivity contribution is 0.0524. The van der Waals surface area contributed by atoms with Gasteiger partial charge in [0, 0.05) is 18.9 Å². The summed E-state index contributed by atoms with van der Waals surface area (Å²) in [7, 11) is 0. The molecule has 0 spiro atoms. The SMILES string of the molecule is CCOC(=O)c1cn(CC)c2c(Cl)c(Cl)ncc2c1=O. The van der Waals surface area contributed by atoms with Crippen molar-refractivity contribution in [3.05, 3.63) is 38.4 Å². The number of hydrogen-bond acceptors (Lipinski definition) is 4. The zero-order valence-corrected chi connectivity index (χ0v) is 12.5. The number of fused-ring (bicyclic) bond motifs is 1. The molecule has 2 aromatic heterocycles. The Hall–Kier alpha value is -1.59. The van der Waals surface area contributed by atoms with Crippen LogP contribution >= 0.6 is 23.2 Å². The van der Waals surface area contributed by atoms with Gasteiger partial charge in [0.25, 0.3) is 0 Å². The first kappa shape index (κ1) is 14.8. The number of aryl methyl sites for hydroxylation is 1. The average Bonchev–Trinajstić information content (AvgIpc) is 2.43. The molecule has 0 aliphatic carbocycles. The van der Waals surface area contributed by atoms with Crippen molar-refractivity contribution in [2.24, 2.45) is 0 Å². The molecule has 0 fully saturated rings. The van der Waals surface area contributed by atoms with Crippen LogP contribution in [0.25, 0.3) is 10.9 Å². The van der Waals surface area contributed by atoms with Crippen LogP contribution < -0.4 is 5.43 Å². The van der Waals surface area contributed by atoms with Gasteiger partial charge in [-0.1, -0.05) is 23.2 Å². The standard InChI is InChI=1S/C13H12Cl2N2O3/c1-3-17-6-8(13(19)20-4-2)11(18)7-5-16-12(15)9(14)10(7)17/h5-6H,3-4H2,1-2H3. The lowest BCUT2D eigenvalue weighted by Gasteiger charge is -2.12. The summed E-state index contributed by atoms with van der Waals surface area (Å²) in [5.41, 5.74) is -0.0391. The van der Waals surface area contributed by atoms with Crippen LogP contribution in [0.3, 0.4) is 0 Å². The fraction of sp³-hybridized carbons (Fsp3) is 0.308. The molecule has 0 N–H and O–H groups in total. The van der Waals surface area contributed by atoms with Gasteiger partial charge in [-0.25, -0.2) is 9.78 Å². The molecule has 0 radical (unpaired) electrons. The highest BCUT2D eigenvalue weighted by Crippen LogP contribution is 2.27. The van der Waals surface area contributed by atoms with E-state index in [1.54, 1.807) is 11.5 Å². The smallest absolute Gasteiger partial charge is 0.343 e. The van der Waals surface area contributed by atoms with Gasteiger partial charge in [0.2, 0.25) is 5.43 Å². The lowest BCUT2D eigenvalue weighted by atomic mass is 10.2. The summed E-state index contributed by atoms with van der Waals surface area (Å²) in [6.07, 6.45) is 2.76. The molecule has 0 saturated heterocycles. The van der Waals surface area contributed by atoms with Crippen molar-refractivity contribution < 1.29 is 9.53 Å². The lowest BCUT2D eigenvalue weighted by Crippen LogP contribution is -2.21. The van der Waals surface area contributed by atoms with E-state index in [9.17, 15) is 9.59 Å². The van der Waals surface area contributed by atoms with Crippen LogP contribution in [0.1, 0.15) is 24.2 Å². The van der Waals surface area contributed by atoms with Crippen molar-refractivity contribution in [1.82, 2.24) is 9.55 Å². The maximum absolute atomic E-state index is 12.3. The van der Waals surface area contributed by atoms with Crippen LogP contribution in [0.5, 0.6) is 0 Å². The number of ether oxygens (including phenoxy) is 1. The molecule has 2 heterocycles. The Balaban J connectivity index is 2.84. The molecule has 0 aliphatic rings. The Bertz CT molecular complexity index is 740. The normalized spacial score (nSPS) is 10.8. The van der Waals surface area contributed by atoms with Crippen molar-refractivity contribution in [2.75, 3.05) is 6.61 Å². The summed E-state index contributed by atoms with van der Waals surface area (Å²) < 4.78 is 6.56. The molecule has 0 aliphatic heterocycles. The Morgan fingerprint density at radius 2 is 2.10 bits per heavy atom. The maximum atomic E-state index is 12.3. The third-order valence-electron chi connectivity index (χ3n) is 2.85. The monoisotopic (exact) mass is 314 g/mol. The third-order valence-corrected chi connectivity index (χ3v) is 3.59. The van der Waals surface area contributed by atoms with E-state index in [0.717, 1.165) is 0 Å². The van der Waals surface area contributed by atoms with Gasteiger partial charge in [-0.15, -0.1) is 0 Å². The van der Waals surface area contributed by atoms with Crippen molar-refractivity contribution in [1.29, 1.82) is 0 Å². The van der Waals surface area contributed by atoms with Gasteiger partial charge in [-0.3, -0.25) is 4.79 Å².